The highest BCUT2D eigenvalue weighted by Gasteiger charge is 2.20. The van der Waals surface area contributed by atoms with Crippen molar-refractivity contribution in [2.24, 2.45) is 0 Å². The van der Waals surface area contributed by atoms with Crippen LogP contribution in [0.5, 0.6) is 11.5 Å². The third kappa shape index (κ3) is 2.85. The van der Waals surface area contributed by atoms with Gasteiger partial charge in [0.2, 0.25) is 5.78 Å². The van der Waals surface area contributed by atoms with Gasteiger partial charge in [-0.3, -0.25) is 9.78 Å². The standard InChI is InChI=1S/C19H18N2O3/c22-17(15-4-1-2-6-20-15)12-16-14-11-19-18(23-8-3-9-24-19)10-13(14)5-7-21-16/h1-2,4,6,10-12,21H,3,5,7-9H2. The van der Waals surface area contributed by atoms with Crippen LogP contribution in [0.4, 0.5) is 0 Å². The van der Waals surface area contributed by atoms with E-state index in [2.05, 4.69) is 10.3 Å². The second-order valence-corrected chi connectivity index (χ2v) is 5.82. The van der Waals surface area contributed by atoms with E-state index in [9.17, 15) is 4.79 Å². The molecule has 122 valence electrons. The van der Waals surface area contributed by atoms with Gasteiger partial charge in [0.05, 0.1) is 13.2 Å². The first-order valence-electron chi connectivity index (χ1n) is 8.15. The Morgan fingerprint density at radius 2 is 2.00 bits per heavy atom. The Bertz CT molecular complexity index is 800. The predicted octanol–water partition coefficient (Wildman–Crippen LogP) is 2.61. The Kier molecular flexibility index (Phi) is 3.91. The summed E-state index contributed by atoms with van der Waals surface area (Å²) in [6.07, 6.45) is 5.00. The molecule has 3 heterocycles. The number of nitrogens with one attached hydrogen (secondary N) is 1. The summed E-state index contributed by atoms with van der Waals surface area (Å²) >= 11 is 0. The SMILES string of the molecule is O=C(C=C1NCCc2cc3c(cc21)OCCCO3)c1ccccn1. The van der Waals surface area contributed by atoms with Gasteiger partial charge in [-0.05, 0) is 36.2 Å². The zero-order chi connectivity index (χ0) is 16.4. The Morgan fingerprint density at radius 3 is 2.79 bits per heavy atom. The van der Waals surface area contributed by atoms with E-state index in [0.717, 1.165) is 47.7 Å². The molecule has 0 saturated carbocycles. The number of fused-ring (bicyclic) bond motifs is 2. The van der Waals surface area contributed by atoms with Gasteiger partial charge in [-0.15, -0.1) is 0 Å². The number of carbonyl (C=O) groups excluding carboxylic acids is 1. The van der Waals surface area contributed by atoms with Gasteiger partial charge in [-0.25, -0.2) is 0 Å². The molecule has 0 aliphatic carbocycles. The van der Waals surface area contributed by atoms with Crippen molar-refractivity contribution >= 4 is 11.5 Å². The fraction of sp³-hybridized carbons (Fsp3) is 0.263. The van der Waals surface area contributed by atoms with E-state index in [0.29, 0.717) is 18.9 Å². The molecule has 0 fully saturated rings. The summed E-state index contributed by atoms with van der Waals surface area (Å²) < 4.78 is 11.5. The van der Waals surface area contributed by atoms with Gasteiger partial charge >= 0.3 is 0 Å². The van der Waals surface area contributed by atoms with Crippen molar-refractivity contribution in [2.45, 2.75) is 12.8 Å². The number of pyridine rings is 1. The van der Waals surface area contributed by atoms with Gasteiger partial charge in [-0.1, -0.05) is 6.07 Å². The average Bonchev–Trinajstić information content (AvgIpc) is 2.86. The van der Waals surface area contributed by atoms with Gasteiger partial charge < -0.3 is 14.8 Å². The number of aromatic nitrogens is 1. The average molecular weight is 322 g/mol. The van der Waals surface area contributed by atoms with Crippen LogP contribution in [-0.2, 0) is 6.42 Å². The molecule has 2 aromatic rings. The molecule has 5 heteroatoms. The first kappa shape index (κ1) is 14.8. The summed E-state index contributed by atoms with van der Waals surface area (Å²) in [6, 6.07) is 9.34. The number of ketones is 1. The molecule has 0 amide bonds. The maximum absolute atomic E-state index is 12.4. The second-order valence-electron chi connectivity index (χ2n) is 5.82. The Labute approximate surface area is 140 Å². The quantitative estimate of drug-likeness (QED) is 0.680. The zero-order valence-corrected chi connectivity index (χ0v) is 13.2. The molecular weight excluding hydrogens is 304 g/mol. The van der Waals surface area contributed by atoms with Gasteiger partial charge in [0.15, 0.2) is 11.5 Å². The summed E-state index contributed by atoms with van der Waals surface area (Å²) in [4.78, 5) is 16.5. The lowest BCUT2D eigenvalue weighted by atomic mass is 9.96. The van der Waals surface area contributed by atoms with Crippen LogP contribution in [0.3, 0.4) is 0 Å². The van der Waals surface area contributed by atoms with Crippen molar-refractivity contribution in [2.75, 3.05) is 19.8 Å². The lowest BCUT2D eigenvalue weighted by molar-refractivity contribution is 0.104. The Balaban J connectivity index is 1.72. The molecule has 5 nitrogen and oxygen atoms in total. The summed E-state index contributed by atoms with van der Waals surface area (Å²) in [5.41, 5.74) is 3.41. The molecular formula is C19H18N2O3. The highest BCUT2D eigenvalue weighted by atomic mass is 16.5. The first-order chi connectivity index (χ1) is 11.8. The molecule has 1 aromatic heterocycles. The second kappa shape index (κ2) is 6.35. The molecule has 1 aromatic carbocycles. The molecule has 0 unspecified atom stereocenters. The summed E-state index contributed by atoms with van der Waals surface area (Å²) in [5.74, 6) is 1.42. The van der Waals surface area contributed by atoms with Crippen LogP contribution in [0, 0.1) is 0 Å². The molecule has 2 aliphatic heterocycles. The third-order valence-corrected chi connectivity index (χ3v) is 4.17. The number of nitrogens with zero attached hydrogens (tertiary/aromatic N) is 1. The van der Waals surface area contributed by atoms with Crippen LogP contribution in [0.2, 0.25) is 0 Å². The number of rotatable bonds is 2. The van der Waals surface area contributed by atoms with Crippen LogP contribution in [0.15, 0.2) is 42.6 Å². The van der Waals surface area contributed by atoms with Crippen molar-refractivity contribution in [3.8, 4) is 11.5 Å². The van der Waals surface area contributed by atoms with E-state index in [-0.39, 0.29) is 5.78 Å². The normalized spacial score (nSPS) is 17.6. The van der Waals surface area contributed by atoms with Gasteiger partial charge in [0, 0.05) is 36.5 Å². The molecule has 4 rings (SSSR count). The highest BCUT2D eigenvalue weighted by molar-refractivity contribution is 6.07. The van der Waals surface area contributed by atoms with E-state index in [1.54, 1.807) is 24.4 Å². The first-order valence-corrected chi connectivity index (χ1v) is 8.15. The van der Waals surface area contributed by atoms with Crippen LogP contribution in [0.25, 0.3) is 5.70 Å². The van der Waals surface area contributed by atoms with E-state index < -0.39 is 0 Å². The monoisotopic (exact) mass is 322 g/mol. The van der Waals surface area contributed by atoms with Gasteiger partial charge in [-0.2, -0.15) is 0 Å². The largest absolute Gasteiger partial charge is 0.490 e. The van der Waals surface area contributed by atoms with Crippen molar-refractivity contribution < 1.29 is 14.3 Å². The molecule has 0 saturated heterocycles. The fourth-order valence-electron chi connectivity index (χ4n) is 2.98. The maximum Gasteiger partial charge on any atom is 0.206 e. The number of ether oxygens (including phenoxy) is 2. The van der Waals surface area contributed by atoms with E-state index >= 15 is 0 Å². The molecule has 0 radical (unpaired) electrons. The lowest BCUT2D eigenvalue weighted by Gasteiger charge is -2.23. The van der Waals surface area contributed by atoms with E-state index in [1.807, 2.05) is 18.2 Å². The number of benzene rings is 1. The van der Waals surface area contributed by atoms with Crippen molar-refractivity contribution in [3.63, 3.8) is 0 Å². The van der Waals surface area contributed by atoms with E-state index in [4.69, 9.17) is 9.47 Å². The third-order valence-electron chi connectivity index (χ3n) is 4.17. The summed E-state index contributed by atoms with van der Waals surface area (Å²) in [6.45, 7) is 2.10. The Morgan fingerprint density at radius 1 is 1.17 bits per heavy atom. The Hall–Kier alpha value is -2.82. The highest BCUT2D eigenvalue weighted by Crippen LogP contribution is 2.36. The minimum Gasteiger partial charge on any atom is -0.490 e. The van der Waals surface area contributed by atoms with Crippen molar-refractivity contribution in [1.29, 1.82) is 0 Å². The molecule has 1 N–H and O–H groups in total. The molecule has 0 atom stereocenters. The number of hydrogen-bond acceptors (Lipinski definition) is 5. The van der Waals surface area contributed by atoms with Crippen LogP contribution in [-0.4, -0.2) is 30.5 Å². The smallest absolute Gasteiger partial charge is 0.206 e. The van der Waals surface area contributed by atoms with Crippen LogP contribution >= 0.6 is 0 Å². The molecule has 2 aliphatic rings. The number of carbonyl (C=O) groups is 1. The summed E-state index contributed by atoms with van der Waals surface area (Å²) in [5, 5.41) is 3.31. The maximum atomic E-state index is 12.4. The summed E-state index contributed by atoms with van der Waals surface area (Å²) in [7, 11) is 0. The van der Waals surface area contributed by atoms with E-state index in [1.165, 1.54) is 0 Å². The zero-order valence-electron chi connectivity index (χ0n) is 13.2. The molecule has 0 bridgehead atoms. The van der Waals surface area contributed by atoms with Crippen molar-refractivity contribution in [1.82, 2.24) is 10.3 Å². The number of hydrogen-bond donors (Lipinski definition) is 1. The minimum atomic E-state index is -0.113. The lowest BCUT2D eigenvalue weighted by Crippen LogP contribution is -2.23. The predicted molar refractivity (Wildman–Crippen MR) is 90.3 cm³/mol. The van der Waals surface area contributed by atoms with Crippen molar-refractivity contribution in [3.05, 3.63) is 59.4 Å². The molecule has 0 spiro atoms. The van der Waals surface area contributed by atoms with Gasteiger partial charge in [0.25, 0.3) is 0 Å². The topological polar surface area (TPSA) is 60.5 Å². The van der Waals surface area contributed by atoms with Crippen LogP contribution < -0.4 is 14.8 Å². The molecule has 24 heavy (non-hydrogen) atoms. The number of allylic oxidation sites excluding steroid dienone is 1. The fourth-order valence-corrected chi connectivity index (χ4v) is 2.98. The van der Waals surface area contributed by atoms with Gasteiger partial charge in [0.1, 0.15) is 5.69 Å². The van der Waals surface area contributed by atoms with Crippen LogP contribution in [0.1, 0.15) is 28.0 Å². The minimum absolute atomic E-state index is 0.113.